The van der Waals surface area contributed by atoms with E-state index in [0.29, 0.717) is 12.2 Å². The number of pyridine rings is 1. The maximum Gasteiger partial charge on any atom is 0.270 e. The summed E-state index contributed by atoms with van der Waals surface area (Å²) in [5.41, 5.74) is 4.35. The number of hydrogen-bond acceptors (Lipinski definition) is 4. The van der Waals surface area contributed by atoms with Gasteiger partial charge in [-0.25, -0.2) is 0 Å². The van der Waals surface area contributed by atoms with E-state index in [1.54, 1.807) is 12.3 Å². The zero-order valence-electron chi connectivity index (χ0n) is 12.9. The quantitative estimate of drug-likeness (QED) is 0.879. The summed E-state index contributed by atoms with van der Waals surface area (Å²) in [6, 6.07) is 3.59. The van der Waals surface area contributed by atoms with Crippen molar-refractivity contribution in [3.63, 3.8) is 0 Å². The molecule has 112 valence electrons. The van der Waals surface area contributed by atoms with Gasteiger partial charge >= 0.3 is 0 Å². The largest absolute Gasteiger partial charge is 0.385 e. The van der Waals surface area contributed by atoms with E-state index in [1.165, 1.54) is 0 Å². The summed E-state index contributed by atoms with van der Waals surface area (Å²) in [5, 5.41) is 10.4. The molecule has 0 radical (unpaired) electrons. The first kappa shape index (κ1) is 15.0. The first-order chi connectivity index (χ1) is 10.0. The molecule has 2 aromatic rings. The summed E-state index contributed by atoms with van der Waals surface area (Å²) in [6.45, 7) is 7.20. The number of amides is 1. The molecule has 0 bridgehead atoms. The van der Waals surface area contributed by atoms with E-state index in [-0.39, 0.29) is 5.91 Å². The van der Waals surface area contributed by atoms with Crippen molar-refractivity contribution >= 4 is 11.6 Å². The first-order valence-corrected chi connectivity index (χ1v) is 7.00. The number of aryl methyl sites for hydroxylation is 2. The van der Waals surface area contributed by atoms with E-state index in [2.05, 4.69) is 20.7 Å². The summed E-state index contributed by atoms with van der Waals surface area (Å²) in [7, 11) is 1.90. The lowest BCUT2D eigenvalue weighted by Gasteiger charge is -2.07. The number of carbonyl (C=O) groups is 1. The molecule has 0 aromatic carbocycles. The Balaban J connectivity index is 2.06. The summed E-state index contributed by atoms with van der Waals surface area (Å²) in [6.07, 6.45) is 1.63. The molecule has 2 heterocycles. The molecule has 6 nitrogen and oxygen atoms in total. The lowest BCUT2D eigenvalue weighted by molar-refractivity contribution is 0.0946. The second-order valence-electron chi connectivity index (χ2n) is 4.92. The Labute approximate surface area is 124 Å². The van der Waals surface area contributed by atoms with Crippen molar-refractivity contribution < 1.29 is 4.79 Å². The summed E-state index contributed by atoms with van der Waals surface area (Å²) in [4.78, 5) is 16.3. The smallest absolute Gasteiger partial charge is 0.270 e. The van der Waals surface area contributed by atoms with E-state index in [4.69, 9.17) is 0 Å². The average Bonchev–Trinajstić information content (AvgIpc) is 2.70. The average molecular weight is 287 g/mol. The van der Waals surface area contributed by atoms with Crippen molar-refractivity contribution in [2.75, 3.05) is 11.9 Å². The van der Waals surface area contributed by atoms with Gasteiger partial charge in [-0.15, -0.1) is 0 Å². The Kier molecular flexibility index (Phi) is 4.57. The topological polar surface area (TPSA) is 71.8 Å². The zero-order chi connectivity index (χ0) is 15.4. The van der Waals surface area contributed by atoms with Crippen LogP contribution in [0.2, 0.25) is 0 Å². The van der Waals surface area contributed by atoms with Crippen LogP contribution in [0.3, 0.4) is 0 Å². The lowest BCUT2D eigenvalue weighted by Crippen LogP contribution is -2.24. The molecule has 0 fully saturated rings. The molecule has 2 N–H and O–H groups in total. The third kappa shape index (κ3) is 3.39. The summed E-state index contributed by atoms with van der Waals surface area (Å²) < 4.78 is 1.82. The molecule has 6 heteroatoms. The molecular weight excluding hydrogens is 266 g/mol. The molecule has 0 aliphatic rings. The van der Waals surface area contributed by atoms with E-state index >= 15 is 0 Å². The van der Waals surface area contributed by atoms with E-state index in [1.807, 2.05) is 38.6 Å². The van der Waals surface area contributed by atoms with Crippen molar-refractivity contribution in [3.05, 3.63) is 41.0 Å². The molecule has 0 aliphatic carbocycles. The van der Waals surface area contributed by atoms with Crippen LogP contribution in [0.15, 0.2) is 18.3 Å². The fourth-order valence-corrected chi connectivity index (χ4v) is 2.20. The van der Waals surface area contributed by atoms with Gasteiger partial charge in [0.2, 0.25) is 0 Å². The maximum absolute atomic E-state index is 12.2. The van der Waals surface area contributed by atoms with E-state index in [9.17, 15) is 4.79 Å². The SMILES string of the molecule is CCNc1ccnc(C(=O)NCc2c(C)nn(C)c2C)c1. The van der Waals surface area contributed by atoms with Crippen LogP contribution in [0, 0.1) is 13.8 Å². The highest BCUT2D eigenvalue weighted by molar-refractivity contribution is 5.93. The number of rotatable bonds is 5. The van der Waals surface area contributed by atoms with Crippen LogP contribution in [0.4, 0.5) is 5.69 Å². The minimum atomic E-state index is -0.183. The van der Waals surface area contributed by atoms with E-state index in [0.717, 1.165) is 29.2 Å². The van der Waals surface area contributed by atoms with Gasteiger partial charge in [0.1, 0.15) is 5.69 Å². The molecular formula is C15H21N5O. The number of hydrogen-bond donors (Lipinski definition) is 2. The first-order valence-electron chi connectivity index (χ1n) is 7.00. The number of nitrogens with zero attached hydrogens (tertiary/aromatic N) is 3. The monoisotopic (exact) mass is 287 g/mol. The van der Waals surface area contributed by atoms with Gasteiger partial charge in [-0.1, -0.05) is 0 Å². The Morgan fingerprint density at radius 1 is 1.38 bits per heavy atom. The molecule has 0 aliphatic heterocycles. The molecule has 0 saturated heterocycles. The Bertz CT molecular complexity index is 648. The van der Waals surface area contributed by atoms with Crippen molar-refractivity contribution in [2.24, 2.45) is 7.05 Å². The molecule has 21 heavy (non-hydrogen) atoms. The highest BCUT2D eigenvalue weighted by atomic mass is 16.1. The van der Waals surface area contributed by atoms with Gasteiger partial charge in [-0.05, 0) is 32.9 Å². The van der Waals surface area contributed by atoms with Crippen molar-refractivity contribution in [2.45, 2.75) is 27.3 Å². The molecule has 0 unspecified atom stereocenters. The second-order valence-corrected chi connectivity index (χ2v) is 4.92. The third-order valence-corrected chi connectivity index (χ3v) is 3.46. The van der Waals surface area contributed by atoms with Crippen LogP contribution in [-0.2, 0) is 13.6 Å². The van der Waals surface area contributed by atoms with Gasteiger partial charge in [-0.2, -0.15) is 5.10 Å². The number of anilines is 1. The number of aromatic nitrogens is 3. The van der Waals surface area contributed by atoms with Gasteiger partial charge in [0.25, 0.3) is 5.91 Å². The fraction of sp³-hybridized carbons (Fsp3) is 0.400. The zero-order valence-corrected chi connectivity index (χ0v) is 12.9. The van der Waals surface area contributed by atoms with Gasteiger partial charge in [0.15, 0.2) is 0 Å². The number of carbonyl (C=O) groups excluding carboxylic acids is 1. The maximum atomic E-state index is 12.2. The van der Waals surface area contributed by atoms with Crippen LogP contribution in [0.1, 0.15) is 34.4 Å². The highest BCUT2D eigenvalue weighted by Gasteiger charge is 2.12. The normalized spacial score (nSPS) is 10.5. The standard InChI is InChI=1S/C15H21N5O/c1-5-16-12-6-7-17-14(8-12)15(21)18-9-13-10(2)19-20(4)11(13)3/h6-8H,5,9H2,1-4H3,(H,16,17)(H,18,21). The lowest BCUT2D eigenvalue weighted by atomic mass is 10.2. The molecule has 2 aromatic heterocycles. The number of nitrogens with one attached hydrogen (secondary N) is 2. The van der Waals surface area contributed by atoms with Gasteiger partial charge in [0.05, 0.1) is 5.69 Å². The van der Waals surface area contributed by atoms with Crippen molar-refractivity contribution in [1.82, 2.24) is 20.1 Å². The third-order valence-electron chi connectivity index (χ3n) is 3.46. The predicted molar refractivity (Wildman–Crippen MR) is 82.3 cm³/mol. The van der Waals surface area contributed by atoms with Crippen LogP contribution < -0.4 is 10.6 Å². The van der Waals surface area contributed by atoms with Crippen LogP contribution >= 0.6 is 0 Å². The fourth-order valence-electron chi connectivity index (χ4n) is 2.20. The second kappa shape index (κ2) is 6.39. The molecule has 2 rings (SSSR count). The Hall–Kier alpha value is -2.37. The van der Waals surface area contributed by atoms with Gasteiger partial charge in [0, 0.05) is 43.3 Å². The molecule has 0 spiro atoms. The summed E-state index contributed by atoms with van der Waals surface area (Å²) in [5.74, 6) is -0.183. The van der Waals surface area contributed by atoms with Gasteiger partial charge in [-0.3, -0.25) is 14.5 Å². The Morgan fingerprint density at radius 3 is 2.76 bits per heavy atom. The van der Waals surface area contributed by atoms with Gasteiger partial charge < -0.3 is 10.6 Å². The van der Waals surface area contributed by atoms with Crippen molar-refractivity contribution in [3.8, 4) is 0 Å². The summed E-state index contributed by atoms with van der Waals surface area (Å²) >= 11 is 0. The predicted octanol–water partition coefficient (Wildman–Crippen LogP) is 1.79. The Morgan fingerprint density at radius 2 is 2.14 bits per heavy atom. The highest BCUT2D eigenvalue weighted by Crippen LogP contribution is 2.12. The van der Waals surface area contributed by atoms with Crippen LogP contribution in [0.5, 0.6) is 0 Å². The molecule has 1 amide bonds. The molecule has 0 atom stereocenters. The van der Waals surface area contributed by atoms with E-state index < -0.39 is 0 Å². The minimum absolute atomic E-state index is 0.183. The van der Waals surface area contributed by atoms with Crippen LogP contribution in [0.25, 0.3) is 0 Å². The molecule has 0 saturated carbocycles. The van der Waals surface area contributed by atoms with Crippen LogP contribution in [-0.4, -0.2) is 27.2 Å². The minimum Gasteiger partial charge on any atom is -0.385 e. The van der Waals surface area contributed by atoms with Crippen molar-refractivity contribution in [1.29, 1.82) is 0 Å².